The average Bonchev–Trinajstić information content (AvgIpc) is 2.95. The molecule has 0 saturated carbocycles. The molecular weight excluding hydrogens is 256 g/mol. The number of nitrogens with zero attached hydrogens (tertiary/aromatic N) is 3. The lowest BCUT2D eigenvalue weighted by Gasteiger charge is -2.07. The van der Waals surface area contributed by atoms with Crippen LogP contribution < -0.4 is 11.1 Å². The standard InChI is InChI=1S/C13H18N6O/c1-2-10-6-9(7-11(14)18-10)13(20)15-5-3-4-12-16-8-17-19-12/h6-8H,2-5H2,1H3,(H2,14,18)(H,15,20)(H,16,17,19). The minimum Gasteiger partial charge on any atom is -0.384 e. The van der Waals surface area contributed by atoms with Gasteiger partial charge in [0.2, 0.25) is 0 Å². The van der Waals surface area contributed by atoms with Crippen LogP contribution in [-0.2, 0) is 12.8 Å². The predicted octanol–water partition coefficient (Wildman–Crippen LogP) is 0.707. The van der Waals surface area contributed by atoms with E-state index in [1.165, 1.54) is 6.33 Å². The van der Waals surface area contributed by atoms with Crippen molar-refractivity contribution in [2.24, 2.45) is 0 Å². The molecule has 0 spiro atoms. The lowest BCUT2D eigenvalue weighted by molar-refractivity contribution is 0.0953. The molecule has 0 saturated heterocycles. The largest absolute Gasteiger partial charge is 0.384 e. The third-order valence-corrected chi connectivity index (χ3v) is 2.86. The molecule has 0 unspecified atom stereocenters. The highest BCUT2D eigenvalue weighted by Crippen LogP contribution is 2.08. The molecule has 4 N–H and O–H groups in total. The maximum atomic E-state index is 12.0. The van der Waals surface area contributed by atoms with Crippen LogP contribution in [0.3, 0.4) is 0 Å². The van der Waals surface area contributed by atoms with Crippen molar-refractivity contribution >= 4 is 11.7 Å². The van der Waals surface area contributed by atoms with Crippen LogP contribution in [0.15, 0.2) is 18.5 Å². The first-order chi connectivity index (χ1) is 9.69. The van der Waals surface area contributed by atoms with E-state index in [0.29, 0.717) is 17.9 Å². The fourth-order valence-electron chi connectivity index (χ4n) is 1.83. The molecule has 0 radical (unpaired) electrons. The van der Waals surface area contributed by atoms with Gasteiger partial charge in [0.05, 0.1) is 0 Å². The second-order valence-electron chi connectivity index (χ2n) is 4.42. The van der Waals surface area contributed by atoms with Crippen LogP contribution >= 0.6 is 0 Å². The Labute approximate surface area is 117 Å². The molecule has 7 heteroatoms. The van der Waals surface area contributed by atoms with Crippen molar-refractivity contribution in [2.75, 3.05) is 12.3 Å². The second kappa shape index (κ2) is 6.65. The molecule has 0 aliphatic rings. The van der Waals surface area contributed by atoms with Gasteiger partial charge in [-0.3, -0.25) is 9.89 Å². The fraction of sp³-hybridized carbons (Fsp3) is 0.385. The monoisotopic (exact) mass is 274 g/mol. The first-order valence-electron chi connectivity index (χ1n) is 6.58. The molecule has 2 heterocycles. The molecule has 0 atom stereocenters. The SMILES string of the molecule is CCc1cc(C(=O)NCCCc2ncn[nH]2)cc(N)n1. The number of aromatic nitrogens is 4. The molecule has 0 fully saturated rings. The van der Waals surface area contributed by atoms with Gasteiger partial charge in [-0.2, -0.15) is 5.10 Å². The molecule has 0 bridgehead atoms. The van der Waals surface area contributed by atoms with Gasteiger partial charge in [0.25, 0.3) is 5.91 Å². The van der Waals surface area contributed by atoms with E-state index in [4.69, 9.17) is 5.73 Å². The number of nitrogen functional groups attached to an aromatic ring is 1. The van der Waals surface area contributed by atoms with Crippen molar-refractivity contribution in [3.63, 3.8) is 0 Å². The molecule has 106 valence electrons. The van der Waals surface area contributed by atoms with Crippen LogP contribution in [0.5, 0.6) is 0 Å². The summed E-state index contributed by atoms with van der Waals surface area (Å²) < 4.78 is 0. The van der Waals surface area contributed by atoms with Crippen molar-refractivity contribution in [1.29, 1.82) is 0 Å². The van der Waals surface area contributed by atoms with Crippen molar-refractivity contribution in [1.82, 2.24) is 25.5 Å². The summed E-state index contributed by atoms with van der Waals surface area (Å²) in [5.41, 5.74) is 7.05. The Morgan fingerprint density at radius 2 is 2.30 bits per heavy atom. The van der Waals surface area contributed by atoms with E-state index >= 15 is 0 Å². The molecule has 1 amide bonds. The number of pyridine rings is 1. The van der Waals surface area contributed by atoms with E-state index in [2.05, 4.69) is 25.5 Å². The van der Waals surface area contributed by atoms with E-state index < -0.39 is 0 Å². The smallest absolute Gasteiger partial charge is 0.251 e. The zero-order chi connectivity index (χ0) is 14.4. The van der Waals surface area contributed by atoms with Crippen molar-refractivity contribution in [2.45, 2.75) is 26.2 Å². The van der Waals surface area contributed by atoms with Crippen LogP contribution in [-0.4, -0.2) is 32.6 Å². The number of rotatable bonds is 6. The lowest BCUT2D eigenvalue weighted by Crippen LogP contribution is -2.25. The number of carbonyl (C=O) groups is 1. The summed E-state index contributed by atoms with van der Waals surface area (Å²) >= 11 is 0. The highest BCUT2D eigenvalue weighted by atomic mass is 16.1. The number of nitrogens with two attached hydrogens (primary N) is 1. The fourth-order valence-corrected chi connectivity index (χ4v) is 1.83. The zero-order valence-corrected chi connectivity index (χ0v) is 11.4. The maximum Gasteiger partial charge on any atom is 0.251 e. The molecule has 0 aliphatic heterocycles. The third-order valence-electron chi connectivity index (χ3n) is 2.86. The molecule has 20 heavy (non-hydrogen) atoms. The molecule has 0 aliphatic carbocycles. The molecule has 0 aromatic carbocycles. The third kappa shape index (κ3) is 3.78. The Kier molecular flexibility index (Phi) is 4.65. The Balaban J connectivity index is 1.83. The second-order valence-corrected chi connectivity index (χ2v) is 4.42. The number of nitrogens with one attached hydrogen (secondary N) is 2. The molecule has 2 rings (SSSR count). The van der Waals surface area contributed by atoms with Crippen molar-refractivity contribution < 1.29 is 4.79 Å². The van der Waals surface area contributed by atoms with Crippen LogP contribution in [0.25, 0.3) is 0 Å². The van der Waals surface area contributed by atoms with Gasteiger partial charge in [0.1, 0.15) is 18.0 Å². The summed E-state index contributed by atoms with van der Waals surface area (Å²) in [5.74, 6) is 1.06. The molecule has 7 nitrogen and oxygen atoms in total. The number of anilines is 1. The lowest BCUT2D eigenvalue weighted by atomic mass is 10.2. The number of amides is 1. The summed E-state index contributed by atoms with van der Waals surface area (Å²) in [6.45, 7) is 2.55. The summed E-state index contributed by atoms with van der Waals surface area (Å²) in [5, 5.41) is 9.40. The van der Waals surface area contributed by atoms with E-state index in [-0.39, 0.29) is 5.91 Å². The van der Waals surface area contributed by atoms with Crippen molar-refractivity contribution in [3.8, 4) is 0 Å². The normalized spacial score (nSPS) is 10.4. The van der Waals surface area contributed by atoms with E-state index in [1.54, 1.807) is 12.1 Å². The summed E-state index contributed by atoms with van der Waals surface area (Å²) in [4.78, 5) is 20.2. The van der Waals surface area contributed by atoms with Gasteiger partial charge in [-0.25, -0.2) is 9.97 Å². The zero-order valence-electron chi connectivity index (χ0n) is 11.4. The summed E-state index contributed by atoms with van der Waals surface area (Å²) in [7, 11) is 0. The number of aromatic amines is 1. The van der Waals surface area contributed by atoms with Gasteiger partial charge < -0.3 is 11.1 Å². The maximum absolute atomic E-state index is 12.0. The summed E-state index contributed by atoms with van der Waals surface area (Å²) in [6, 6.07) is 3.35. The topological polar surface area (TPSA) is 110 Å². The molecule has 2 aromatic heterocycles. The van der Waals surface area contributed by atoms with E-state index in [0.717, 1.165) is 30.8 Å². The minimum atomic E-state index is -0.133. The van der Waals surface area contributed by atoms with Crippen LogP contribution in [0.2, 0.25) is 0 Å². The number of carbonyl (C=O) groups excluding carboxylic acids is 1. The number of H-pyrrole nitrogens is 1. The predicted molar refractivity (Wildman–Crippen MR) is 75.1 cm³/mol. The van der Waals surface area contributed by atoms with Gasteiger partial charge in [-0.15, -0.1) is 0 Å². The van der Waals surface area contributed by atoms with Gasteiger partial charge in [-0.1, -0.05) is 6.92 Å². The van der Waals surface area contributed by atoms with Crippen molar-refractivity contribution in [3.05, 3.63) is 35.5 Å². The van der Waals surface area contributed by atoms with Crippen LogP contribution in [0.1, 0.15) is 35.2 Å². The van der Waals surface area contributed by atoms with Gasteiger partial charge >= 0.3 is 0 Å². The average molecular weight is 274 g/mol. The van der Waals surface area contributed by atoms with Crippen LogP contribution in [0.4, 0.5) is 5.82 Å². The first kappa shape index (κ1) is 14.0. The first-order valence-corrected chi connectivity index (χ1v) is 6.58. The number of aryl methyl sites for hydroxylation is 2. The Bertz CT molecular complexity index is 566. The van der Waals surface area contributed by atoms with Gasteiger partial charge in [0, 0.05) is 24.2 Å². The van der Waals surface area contributed by atoms with Crippen LogP contribution in [0, 0.1) is 0 Å². The summed E-state index contributed by atoms with van der Waals surface area (Å²) in [6.07, 6.45) is 3.76. The van der Waals surface area contributed by atoms with E-state index in [1.807, 2.05) is 6.92 Å². The highest BCUT2D eigenvalue weighted by Gasteiger charge is 2.08. The Morgan fingerprint density at radius 1 is 1.45 bits per heavy atom. The van der Waals surface area contributed by atoms with E-state index in [9.17, 15) is 4.79 Å². The van der Waals surface area contributed by atoms with Gasteiger partial charge in [0.15, 0.2) is 0 Å². The molecular formula is C13H18N6O. The minimum absolute atomic E-state index is 0.133. The molecule has 2 aromatic rings. The van der Waals surface area contributed by atoms with Gasteiger partial charge in [-0.05, 0) is 25.0 Å². The number of hydrogen-bond donors (Lipinski definition) is 3. The number of hydrogen-bond acceptors (Lipinski definition) is 5. The highest BCUT2D eigenvalue weighted by molar-refractivity contribution is 5.94. The quantitative estimate of drug-likeness (QED) is 0.672. The Morgan fingerprint density at radius 3 is 3.00 bits per heavy atom. The Hall–Kier alpha value is -2.44.